The second-order valence-electron chi connectivity index (χ2n) is 4.25. The van der Waals surface area contributed by atoms with E-state index in [0.29, 0.717) is 5.95 Å². The fourth-order valence-electron chi connectivity index (χ4n) is 1.87. The first-order valence-corrected chi connectivity index (χ1v) is 6.69. The highest BCUT2D eigenvalue weighted by atomic mass is 32.1. The highest BCUT2D eigenvalue weighted by molar-refractivity contribution is 7.18. The van der Waals surface area contributed by atoms with Crippen molar-refractivity contribution in [2.75, 3.05) is 17.7 Å². The maximum Gasteiger partial charge on any atom is 0.225 e. The number of anilines is 3. The van der Waals surface area contributed by atoms with Crippen LogP contribution in [0.5, 0.6) is 0 Å². The molecule has 2 N–H and O–H groups in total. The third kappa shape index (κ3) is 2.24. The number of nitrogens with one attached hydrogen (secondary N) is 2. The lowest BCUT2D eigenvalue weighted by molar-refractivity contribution is 0.768. The summed E-state index contributed by atoms with van der Waals surface area (Å²) in [5, 5.41) is 11.4. The highest BCUT2D eigenvalue weighted by Gasteiger charge is 2.10. The second kappa shape index (κ2) is 4.51. The van der Waals surface area contributed by atoms with E-state index in [2.05, 4.69) is 38.7 Å². The molecule has 0 unspecified atom stereocenters. The predicted octanol–water partition coefficient (Wildman–Crippen LogP) is 2.52. The lowest BCUT2D eigenvalue weighted by atomic mass is 10.3. The van der Waals surface area contributed by atoms with E-state index in [1.807, 2.05) is 20.3 Å². The lowest BCUT2D eigenvalue weighted by Gasteiger charge is -2.06. The minimum Gasteiger partial charge on any atom is -0.357 e. The van der Waals surface area contributed by atoms with Crippen molar-refractivity contribution in [3.05, 3.63) is 23.3 Å². The molecule has 7 heteroatoms. The van der Waals surface area contributed by atoms with E-state index in [-0.39, 0.29) is 0 Å². The Hall–Kier alpha value is -2.15. The standard InChI is InChI=1S/C12H14N6S/c1-7-4-9-10(15-8-5-14-18(3)6-8)16-12(13-2)17-11(9)19-7/h4-6H,1-3H3,(H2,13,15,16,17). The predicted molar refractivity (Wildman–Crippen MR) is 78.2 cm³/mol. The quantitative estimate of drug-likeness (QED) is 0.768. The SMILES string of the molecule is CNc1nc(Nc2cnn(C)c2)c2cc(C)sc2n1. The lowest BCUT2D eigenvalue weighted by Crippen LogP contribution is -2.00. The van der Waals surface area contributed by atoms with E-state index in [9.17, 15) is 0 Å². The molecule has 0 aromatic carbocycles. The molecule has 3 aromatic heterocycles. The number of aromatic nitrogens is 4. The average Bonchev–Trinajstić information content (AvgIpc) is 2.94. The molecule has 6 nitrogen and oxygen atoms in total. The van der Waals surface area contributed by atoms with E-state index in [0.717, 1.165) is 21.7 Å². The molecule has 19 heavy (non-hydrogen) atoms. The van der Waals surface area contributed by atoms with Crippen LogP contribution >= 0.6 is 11.3 Å². The molecule has 3 aromatic rings. The van der Waals surface area contributed by atoms with Gasteiger partial charge in [0, 0.05) is 25.2 Å². The number of hydrogen-bond donors (Lipinski definition) is 2. The van der Waals surface area contributed by atoms with Gasteiger partial charge in [-0.15, -0.1) is 11.3 Å². The van der Waals surface area contributed by atoms with Crippen molar-refractivity contribution in [2.24, 2.45) is 7.05 Å². The number of aryl methyl sites for hydroxylation is 2. The van der Waals surface area contributed by atoms with Crippen molar-refractivity contribution in [1.82, 2.24) is 19.7 Å². The van der Waals surface area contributed by atoms with Crippen molar-refractivity contribution < 1.29 is 0 Å². The first-order valence-electron chi connectivity index (χ1n) is 5.87. The van der Waals surface area contributed by atoms with Crippen LogP contribution in [0.3, 0.4) is 0 Å². The van der Waals surface area contributed by atoms with Gasteiger partial charge in [0.1, 0.15) is 10.6 Å². The van der Waals surface area contributed by atoms with Crippen LogP contribution in [-0.4, -0.2) is 26.8 Å². The number of thiophene rings is 1. The van der Waals surface area contributed by atoms with Gasteiger partial charge in [-0.2, -0.15) is 10.1 Å². The normalized spacial score (nSPS) is 10.9. The molecule has 98 valence electrons. The van der Waals surface area contributed by atoms with Crippen molar-refractivity contribution >= 4 is 39.0 Å². The molecular weight excluding hydrogens is 260 g/mol. The van der Waals surface area contributed by atoms with Gasteiger partial charge in [-0.3, -0.25) is 4.68 Å². The molecule has 3 heterocycles. The number of hydrogen-bond acceptors (Lipinski definition) is 6. The van der Waals surface area contributed by atoms with E-state index >= 15 is 0 Å². The Bertz CT molecular complexity index is 729. The fraction of sp³-hybridized carbons (Fsp3) is 0.250. The Balaban J connectivity index is 2.09. The molecule has 0 bridgehead atoms. The van der Waals surface area contributed by atoms with Gasteiger partial charge in [0.15, 0.2) is 0 Å². The summed E-state index contributed by atoms with van der Waals surface area (Å²) in [5.41, 5.74) is 0.911. The topological polar surface area (TPSA) is 67.7 Å². The summed E-state index contributed by atoms with van der Waals surface area (Å²) < 4.78 is 1.75. The van der Waals surface area contributed by atoms with Crippen LogP contribution < -0.4 is 10.6 Å². The van der Waals surface area contributed by atoms with Crippen molar-refractivity contribution in [3.8, 4) is 0 Å². The molecule has 0 aliphatic carbocycles. The van der Waals surface area contributed by atoms with Crippen LogP contribution in [0.25, 0.3) is 10.2 Å². The molecule has 0 spiro atoms. The summed E-state index contributed by atoms with van der Waals surface area (Å²) in [6.45, 7) is 2.07. The van der Waals surface area contributed by atoms with Crippen LogP contribution in [0.2, 0.25) is 0 Å². The Kier molecular flexibility index (Phi) is 2.83. The molecular formula is C12H14N6S. The molecule has 0 aliphatic heterocycles. The summed E-state index contributed by atoms with van der Waals surface area (Å²) in [7, 11) is 3.70. The highest BCUT2D eigenvalue weighted by Crippen LogP contribution is 2.31. The largest absolute Gasteiger partial charge is 0.357 e. The summed E-state index contributed by atoms with van der Waals surface area (Å²) >= 11 is 1.66. The van der Waals surface area contributed by atoms with Gasteiger partial charge in [-0.25, -0.2) is 4.98 Å². The number of nitrogens with zero attached hydrogens (tertiary/aromatic N) is 4. The van der Waals surface area contributed by atoms with Crippen molar-refractivity contribution in [1.29, 1.82) is 0 Å². The van der Waals surface area contributed by atoms with Gasteiger partial charge in [0.2, 0.25) is 5.95 Å². The Morgan fingerprint density at radius 2 is 2.16 bits per heavy atom. The molecule has 0 atom stereocenters. The molecule has 0 amide bonds. The van der Waals surface area contributed by atoms with Gasteiger partial charge >= 0.3 is 0 Å². The zero-order chi connectivity index (χ0) is 13.4. The molecule has 0 saturated carbocycles. The minimum absolute atomic E-state index is 0.612. The first kappa shape index (κ1) is 11.9. The Morgan fingerprint density at radius 3 is 2.84 bits per heavy atom. The second-order valence-corrected chi connectivity index (χ2v) is 5.48. The van der Waals surface area contributed by atoms with Gasteiger partial charge in [0.05, 0.1) is 17.3 Å². The summed E-state index contributed by atoms with van der Waals surface area (Å²) in [6, 6.07) is 2.10. The fourth-order valence-corrected chi connectivity index (χ4v) is 2.75. The van der Waals surface area contributed by atoms with Crippen molar-refractivity contribution in [3.63, 3.8) is 0 Å². The van der Waals surface area contributed by atoms with Gasteiger partial charge in [-0.05, 0) is 13.0 Å². The smallest absolute Gasteiger partial charge is 0.225 e. The van der Waals surface area contributed by atoms with Crippen LogP contribution in [0, 0.1) is 6.92 Å². The van der Waals surface area contributed by atoms with Crippen LogP contribution in [0.4, 0.5) is 17.5 Å². The van der Waals surface area contributed by atoms with Gasteiger partial charge in [-0.1, -0.05) is 0 Å². The molecule has 3 rings (SSSR count). The zero-order valence-electron chi connectivity index (χ0n) is 10.9. The third-order valence-electron chi connectivity index (χ3n) is 2.71. The maximum absolute atomic E-state index is 4.47. The van der Waals surface area contributed by atoms with E-state index in [1.54, 1.807) is 22.2 Å². The zero-order valence-corrected chi connectivity index (χ0v) is 11.7. The monoisotopic (exact) mass is 274 g/mol. The van der Waals surface area contributed by atoms with E-state index in [4.69, 9.17) is 0 Å². The van der Waals surface area contributed by atoms with Gasteiger partial charge in [0.25, 0.3) is 0 Å². The molecule has 0 fully saturated rings. The summed E-state index contributed by atoms with van der Waals surface area (Å²) in [5.74, 6) is 1.41. The molecule has 0 radical (unpaired) electrons. The van der Waals surface area contributed by atoms with Crippen LogP contribution in [-0.2, 0) is 7.05 Å². The van der Waals surface area contributed by atoms with Crippen LogP contribution in [0.15, 0.2) is 18.5 Å². The van der Waals surface area contributed by atoms with Gasteiger partial charge < -0.3 is 10.6 Å². The van der Waals surface area contributed by atoms with Crippen LogP contribution in [0.1, 0.15) is 4.88 Å². The maximum atomic E-state index is 4.47. The average molecular weight is 274 g/mol. The Labute approximate surface area is 114 Å². The van der Waals surface area contributed by atoms with E-state index < -0.39 is 0 Å². The summed E-state index contributed by atoms with van der Waals surface area (Å²) in [4.78, 5) is 11.1. The Morgan fingerprint density at radius 1 is 1.32 bits per heavy atom. The molecule has 0 saturated heterocycles. The third-order valence-corrected chi connectivity index (χ3v) is 3.65. The summed E-state index contributed by atoms with van der Waals surface area (Å²) in [6.07, 6.45) is 3.68. The number of rotatable bonds is 3. The first-order chi connectivity index (χ1) is 9.15. The molecule has 0 aliphatic rings. The van der Waals surface area contributed by atoms with Crippen molar-refractivity contribution in [2.45, 2.75) is 6.92 Å². The minimum atomic E-state index is 0.612. The van der Waals surface area contributed by atoms with E-state index in [1.165, 1.54) is 4.88 Å². The number of fused-ring (bicyclic) bond motifs is 1.